The fourth-order valence-corrected chi connectivity index (χ4v) is 1.67. The van der Waals surface area contributed by atoms with Gasteiger partial charge in [-0.25, -0.2) is 4.79 Å². The summed E-state index contributed by atoms with van der Waals surface area (Å²) in [7, 11) is 0. The Kier molecular flexibility index (Phi) is 2.59. The van der Waals surface area contributed by atoms with Crippen molar-refractivity contribution in [1.29, 1.82) is 0 Å². The summed E-state index contributed by atoms with van der Waals surface area (Å²) in [6.07, 6.45) is 2.32. The van der Waals surface area contributed by atoms with Crippen LogP contribution in [0.4, 0.5) is 5.69 Å². The molecule has 1 saturated heterocycles. The third-order valence-electron chi connectivity index (χ3n) is 2.52. The maximum Gasteiger partial charge on any atom is 0.328 e. The van der Waals surface area contributed by atoms with Crippen molar-refractivity contribution in [2.24, 2.45) is 5.92 Å². The molecule has 1 fully saturated rings. The van der Waals surface area contributed by atoms with Crippen molar-refractivity contribution in [3.05, 3.63) is 27.0 Å². The minimum Gasteiger partial charge on any atom is -0.393 e. The SMILES string of the molecule is Nc1cn(CC2CCOC2)c(=O)[nH]c1=O. The highest BCUT2D eigenvalue weighted by atomic mass is 16.5. The van der Waals surface area contributed by atoms with E-state index < -0.39 is 11.2 Å². The van der Waals surface area contributed by atoms with E-state index in [1.807, 2.05) is 0 Å². The zero-order valence-corrected chi connectivity index (χ0v) is 8.23. The van der Waals surface area contributed by atoms with Crippen LogP contribution in [-0.4, -0.2) is 22.8 Å². The molecule has 1 atom stereocenters. The minimum atomic E-state index is -0.529. The van der Waals surface area contributed by atoms with E-state index in [0.717, 1.165) is 13.0 Å². The van der Waals surface area contributed by atoms with Crippen LogP contribution in [0.15, 0.2) is 15.8 Å². The smallest absolute Gasteiger partial charge is 0.328 e. The summed E-state index contributed by atoms with van der Waals surface area (Å²) in [6.45, 7) is 1.93. The molecule has 0 amide bonds. The molecule has 0 aliphatic carbocycles. The Balaban J connectivity index is 2.24. The van der Waals surface area contributed by atoms with Crippen molar-refractivity contribution >= 4 is 5.69 Å². The molecule has 2 rings (SSSR count). The molecule has 6 nitrogen and oxygen atoms in total. The van der Waals surface area contributed by atoms with Crippen LogP contribution in [0.3, 0.4) is 0 Å². The standard InChI is InChI=1S/C9H13N3O3/c10-7-4-12(9(14)11-8(7)13)3-6-1-2-15-5-6/h4,6H,1-3,5,10H2,(H,11,13,14). The Hall–Kier alpha value is -1.56. The number of aromatic nitrogens is 2. The number of H-pyrrole nitrogens is 1. The van der Waals surface area contributed by atoms with Crippen molar-refractivity contribution in [3.63, 3.8) is 0 Å². The average molecular weight is 211 g/mol. The summed E-state index contributed by atoms with van der Waals surface area (Å²) in [6, 6.07) is 0. The average Bonchev–Trinajstić information content (AvgIpc) is 2.67. The van der Waals surface area contributed by atoms with Gasteiger partial charge in [-0.05, 0) is 6.42 Å². The lowest BCUT2D eigenvalue weighted by molar-refractivity contribution is 0.182. The molecule has 0 radical (unpaired) electrons. The zero-order chi connectivity index (χ0) is 10.8. The number of aromatic amines is 1. The van der Waals surface area contributed by atoms with E-state index in [1.165, 1.54) is 10.8 Å². The summed E-state index contributed by atoms with van der Waals surface area (Å²) in [5, 5.41) is 0. The zero-order valence-electron chi connectivity index (χ0n) is 8.23. The summed E-state index contributed by atoms with van der Waals surface area (Å²) in [5.41, 5.74) is 4.55. The van der Waals surface area contributed by atoms with E-state index in [0.29, 0.717) is 19.1 Å². The van der Waals surface area contributed by atoms with E-state index in [4.69, 9.17) is 10.5 Å². The third-order valence-corrected chi connectivity index (χ3v) is 2.52. The predicted molar refractivity (Wildman–Crippen MR) is 54.7 cm³/mol. The van der Waals surface area contributed by atoms with Crippen LogP contribution >= 0.6 is 0 Å². The number of nitrogen functional groups attached to an aromatic ring is 1. The maximum absolute atomic E-state index is 11.4. The van der Waals surface area contributed by atoms with Crippen LogP contribution in [0.1, 0.15) is 6.42 Å². The van der Waals surface area contributed by atoms with Gasteiger partial charge in [0.2, 0.25) is 0 Å². The molecule has 1 aromatic heterocycles. The Bertz CT molecular complexity index is 456. The first-order valence-corrected chi connectivity index (χ1v) is 4.84. The lowest BCUT2D eigenvalue weighted by Gasteiger charge is -2.09. The summed E-state index contributed by atoms with van der Waals surface area (Å²) in [4.78, 5) is 24.6. The fourth-order valence-electron chi connectivity index (χ4n) is 1.67. The van der Waals surface area contributed by atoms with Gasteiger partial charge in [0, 0.05) is 25.3 Å². The first-order valence-electron chi connectivity index (χ1n) is 4.84. The minimum absolute atomic E-state index is 0.0634. The van der Waals surface area contributed by atoms with Gasteiger partial charge in [0.1, 0.15) is 5.69 Å². The van der Waals surface area contributed by atoms with Gasteiger partial charge in [-0.2, -0.15) is 0 Å². The highest BCUT2D eigenvalue weighted by Crippen LogP contribution is 2.13. The molecule has 0 saturated carbocycles. The summed E-state index contributed by atoms with van der Waals surface area (Å²) < 4.78 is 6.63. The van der Waals surface area contributed by atoms with Gasteiger partial charge in [-0.3, -0.25) is 14.3 Å². The molecule has 3 N–H and O–H groups in total. The van der Waals surface area contributed by atoms with Gasteiger partial charge in [0.15, 0.2) is 0 Å². The molecule has 1 unspecified atom stereocenters. The second-order valence-electron chi connectivity index (χ2n) is 3.73. The Morgan fingerprint density at radius 3 is 3.07 bits per heavy atom. The molecule has 82 valence electrons. The molecule has 2 heterocycles. The molecule has 1 aliphatic rings. The predicted octanol–water partition coefficient (Wildman–Crippen LogP) is -0.845. The first kappa shape index (κ1) is 9.97. The Morgan fingerprint density at radius 2 is 2.40 bits per heavy atom. The quantitative estimate of drug-likeness (QED) is 0.667. The number of nitrogens with two attached hydrogens (primary N) is 1. The molecular formula is C9H13N3O3. The van der Waals surface area contributed by atoms with Gasteiger partial charge in [0.25, 0.3) is 5.56 Å². The lowest BCUT2D eigenvalue weighted by atomic mass is 10.1. The van der Waals surface area contributed by atoms with E-state index in [1.54, 1.807) is 0 Å². The van der Waals surface area contributed by atoms with E-state index in [9.17, 15) is 9.59 Å². The van der Waals surface area contributed by atoms with Crippen LogP contribution in [0, 0.1) is 5.92 Å². The van der Waals surface area contributed by atoms with Crippen molar-refractivity contribution in [1.82, 2.24) is 9.55 Å². The molecule has 1 aromatic rings. The van der Waals surface area contributed by atoms with Gasteiger partial charge in [-0.1, -0.05) is 0 Å². The molecular weight excluding hydrogens is 198 g/mol. The maximum atomic E-state index is 11.4. The second kappa shape index (κ2) is 3.90. The van der Waals surface area contributed by atoms with E-state index >= 15 is 0 Å². The van der Waals surface area contributed by atoms with Crippen LogP contribution in [0.5, 0.6) is 0 Å². The Morgan fingerprint density at radius 1 is 1.60 bits per heavy atom. The lowest BCUT2D eigenvalue weighted by Crippen LogP contribution is -2.32. The Labute approximate surface area is 85.7 Å². The largest absolute Gasteiger partial charge is 0.393 e. The topological polar surface area (TPSA) is 90.1 Å². The number of nitrogens with one attached hydrogen (secondary N) is 1. The molecule has 15 heavy (non-hydrogen) atoms. The molecule has 6 heteroatoms. The van der Waals surface area contributed by atoms with E-state index in [2.05, 4.69) is 4.98 Å². The summed E-state index contributed by atoms with van der Waals surface area (Å²) >= 11 is 0. The van der Waals surface area contributed by atoms with E-state index in [-0.39, 0.29) is 5.69 Å². The molecule has 0 bridgehead atoms. The number of hydrogen-bond donors (Lipinski definition) is 2. The highest BCUT2D eigenvalue weighted by Gasteiger charge is 2.16. The van der Waals surface area contributed by atoms with Crippen LogP contribution in [-0.2, 0) is 11.3 Å². The van der Waals surface area contributed by atoms with Crippen molar-refractivity contribution < 1.29 is 4.74 Å². The number of anilines is 1. The third kappa shape index (κ3) is 2.10. The number of nitrogens with zero attached hydrogens (tertiary/aromatic N) is 1. The van der Waals surface area contributed by atoms with Crippen molar-refractivity contribution in [2.75, 3.05) is 18.9 Å². The van der Waals surface area contributed by atoms with Gasteiger partial charge >= 0.3 is 5.69 Å². The van der Waals surface area contributed by atoms with Crippen molar-refractivity contribution in [2.45, 2.75) is 13.0 Å². The highest BCUT2D eigenvalue weighted by molar-refractivity contribution is 5.30. The number of ether oxygens (including phenoxy) is 1. The van der Waals surface area contributed by atoms with Crippen molar-refractivity contribution in [3.8, 4) is 0 Å². The van der Waals surface area contributed by atoms with Gasteiger partial charge in [-0.15, -0.1) is 0 Å². The number of rotatable bonds is 2. The van der Waals surface area contributed by atoms with Crippen LogP contribution < -0.4 is 17.0 Å². The fraction of sp³-hybridized carbons (Fsp3) is 0.556. The molecule has 0 aromatic carbocycles. The molecule has 0 spiro atoms. The number of hydrogen-bond acceptors (Lipinski definition) is 4. The van der Waals surface area contributed by atoms with Gasteiger partial charge < -0.3 is 10.5 Å². The normalized spacial score (nSPS) is 20.7. The summed E-state index contributed by atoms with van der Waals surface area (Å²) in [5.74, 6) is 0.327. The second-order valence-corrected chi connectivity index (χ2v) is 3.73. The molecule has 1 aliphatic heterocycles. The van der Waals surface area contributed by atoms with Crippen LogP contribution in [0.25, 0.3) is 0 Å². The van der Waals surface area contributed by atoms with Gasteiger partial charge in [0.05, 0.1) is 6.61 Å². The monoisotopic (exact) mass is 211 g/mol. The first-order chi connectivity index (χ1) is 7.16. The van der Waals surface area contributed by atoms with Crippen LogP contribution in [0.2, 0.25) is 0 Å².